The van der Waals surface area contributed by atoms with Gasteiger partial charge in [-0.1, -0.05) is 42.5 Å². The van der Waals surface area contributed by atoms with Crippen LogP contribution < -0.4 is 0 Å². The highest BCUT2D eigenvalue weighted by Gasteiger charge is 2.44. The molecule has 0 spiro atoms. The van der Waals surface area contributed by atoms with E-state index < -0.39 is 13.9 Å². The molecule has 1 saturated heterocycles. The standard InChI is InChI=1S/C22H22OSi/c1-5-18-10-7-12-20(16-18)22(14-9-15-24(3,4)23-22)21-13-8-11-19(6-2)17-21/h1-2,7-8,10-13,16-17H,9,14-15H2,3-4H3. The number of hydrogen-bond donors (Lipinski definition) is 0. The molecule has 1 fully saturated rings. The highest BCUT2D eigenvalue weighted by Crippen LogP contribution is 2.45. The fraction of sp³-hybridized carbons (Fsp3) is 0.273. The Balaban J connectivity index is 2.21. The zero-order valence-electron chi connectivity index (χ0n) is 14.3. The van der Waals surface area contributed by atoms with Gasteiger partial charge < -0.3 is 4.43 Å². The zero-order valence-corrected chi connectivity index (χ0v) is 15.3. The van der Waals surface area contributed by atoms with E-state index in [1.807, 2.05) is 24.3 Å². The average Bonchev–Trinajstić information content (AvgIpc) is 2.61. The first-order valence-corrected chi connectivity index (χ1v) is 11.5. The second kappa shape index (κ2) is 6.33. The van der Waals surface area contributed by atoms with Gasteiger partial charge in [0.25, 0.3) is 0 Å². The lowest BCUT2D eigenvalue weighted by Crippen LogP contribution is -2.47. The highest BCUT2D eigenvalue weighted by atomic mass is 28.4. The van der Waals surface area contributed by atoms with Crippen LogP contribution in [0.25, 0.3) is 0 Å². The van der Waals surface area contributed by atoms with E-state index in [0.29, 0.717) is 0 Å². The first-order valence-electron chi connectivity index (χ1n) is 8.34. The lowest BCUT2D eigenvalue weighted by molar-refractivity contribution is 0.0722. The van der Waals surface area contributed by atoms with E-state index in [4.69, 9.17) is 17.3 Å². The van der Waals surface area contributed by atoms with E-state index >= 15 is 0 Å². The van der Waals surface area contributed by atoms with Crippen molar-refractivity contribution < 1.29 is 4.43 Å². The maximum Gasteiger partial charge on any atom is 0.188 e. The lowest BCUT2D eigenvalue weighted by atomic mass is 9.81. The van der Waals surface area contributed by atoms with Crippen LogP contribution >= 0.6 is 0 Å². The Bertz CT molecular complexity index is 778. The molecule has 0 radical (unpaired) electrons. The molecule has 0 saturated carbocycles. The molecule has 24 heavy (non-hydrogen) atoms. The molecule has 2 heteroatoms. The zero-order chi connectivity index (χ0) is 17.2. The van der Waals surface area contributed by atoms with Crippen molar-refractivity contribution in [1.82, 2.24) is 0 Å². The fourth-order valence-electron chi connectivity index (χ4n) is 3.63. The topological polar surface area (TPSA) is 9.23 Å². The Morgan fingerprint density at radius 2 is 1.50 bits per heavy atom. The third-order valence-electron chi connectivity index (χ3n) is 4.75. The minimum Gasteiger partial charge on any atom is -0.404 e. The highest BCUT2D eigenvalue weighted by molar-refractivity contribution is 6.71. The van der Waals surface area contributed by atoms with Crippen molar-refractivity contribution in [2.24, 2.45) is 0 Å². The van der Waals surface area contributed by atoms with Crippen LogP contribution in [0.2, 0.25) is 19.1 Å². The summed E-state index contributed by atoms with van der Waals surface area (Å²) in [6, 6.07) is 17.5. The van der Waals surface area contributed by atoms with Crippen molar-refractivity contribution in [3.8, 4) is 24.7 Å². The van der Waals surface area contributed by atoms with E-state index in [0.717, 1.165) is 35.1 Å². The molecule has 2 aromatic rings. The molecule has 3 rings (SSSR count). The summed E-state index contributed by atoms with van der Waals surface area (Å²) in [5, 5.41) is 0. The normalized spacial score (nSPS) is 18.3. The van der Waals surface area contributed by atoms with Crippen LogP contribution in [-0.2, 0) is 10.0 Å². The minimum absolute atomic E-state index is 0.451. The van der Waals surface area contributed by atoms with Gasteiger partial charge in [-0.2, -0.15) is 0 Å². The Kier molecular flexibility index (Phi) is 4.37. The molecule has 1 aliphatic heterocycles. The second-order valence-electron chi connectivity index (χ2n) is 6.99. The van der Waals surface area contributed by atoms with Crippen molar-refractivity contribution in [3.63, 3.8) is 0 Å². The summed E-state index contributed by atoms with van der Waals surface area (Å²) in [5.41, 5.74) is 3.58. The fourth-order valence-corrected chi connectivity index (χ4v) is 6.04. The molecule has 120 valence electrons. The van der Waals surface area contributed by atoms with Gasteiger partial charge in [-0.05, 0) is 61.0 Å². The Labute approximate surface area is 146 Å². The van der Waals surface area contributed by atoms with Gasteiger partial charge in [0.1, 0.15) is 5.60 Å². The maximum atomic E-state index is 6.83. The van der Waals surface area contributed by atoms with E-state index in [1.54, 1.807) is 0 Å². The molecule has 0 amide bonds. The number of terminal acetylenes is 2. The third-order valence-corrected chi connectivity index (χ3v) is 7.21. The predicted octanol–water partition coefficient (Wildman–Crippen LogP) is 4.91. The molecule has 1 aliphatic rings. The van der Waals surface area contributed by atoms with Crippen LogP contribution in [0.15, 0.2) is 48.5 Å². The van der Waals surface area contributed by atoms with Gasteiger partial charge in [-0.3, -0.25) is 0 Å². The van der Waals surface area contributed by atoms with Crippen LogP contribution in [0.3, 0.4) is 0 Å². The summed E-state index contributed by atoms with van der Waals surface area (Å²) >= 11 is 0. The summed E-state index contributed by atoms with van der Waals surface area (Å²) < 4.78 is 6.83. The number of benzene rings is 2. The minimum atomic E-state index is -1.75. The summed E-state index contributed by atoms with van der Waals surface area (Å²) in [7, 11) is -1.75. The molecule has 0 N–H and O–H groups in total. The molecule has 1 nitrogen and oxygen atoms in total. The molecule has 0 bridgehead atoms. The Morgan fingerprint density at radius 1 is 0.958 bits per heavy atom. The third kappa shape index (κ3) is 3.04. The summed E-state index contributed by atoms with van der Waals surface area (Å²) in [5.74, 6) is 5.48. The van der Waals surface area contributed by atoms with Crippen molar-refractivity contribution in [2.75, 3.05) is 0 Å². The average molecular weight is 331 g/mol. The van der Waals surface area contributed by atoms with Crippen molar-refractivity contribution in [2.45, 2.75) is 37.6 Å². The van der Waals surface area contributed by atoms with E-state index in [1.165, 1.54) is 6.04 Å². The molecular formula is C22H22OSi. The SMILES string of the molecule is C#Cc1cccc(C2(c3cccc(C#C)c3)CCC[Si](C)(C)O2)c1. The smallest absolute Gasteiger partial charge is 0.188 e. The maximum absolute atomic E-state index is 6.83. The summed E-state index contributed by atoms with van der Waals surface area (Å²) in [4.78, 5) is 0. The van der Waals surface area contributed by atoms with E-state index in [2.05, 4.69) is 49.2 Å². The van der Waals surface area contributed by atoms with Gasteiger partial charge in [0.15, 0.2) is 8.32 Å². The molecule has 2 aromatic carbocycles. The monoisotopic (exact) mass is 330 g/mol. The van der Waals surface area contributed by atoms with Crippen LogP contribution in [0.1, 0.15) is 35.1 Å². The quantitative estimate of drug-likeness (QED) is 0.562. The first-order chi connectivity index (χ1) is 11.5. The van der Waals surface area contributed by atoms with Gasteiger partial charge >= 0.3 is 0 Å². The molecular weight excluding hydrogens is 308 g/mol. The molecule has 1 heterocycles. The Hall–Kier alpha value is -2.26. The van der Waals surface area contributed by atoms with E-state index in [9.17, 15) is 0 Å². The van der Waals surface area contributed by atoms with Gasteiger partial charge in [-0.15, -0.1) is 12.8 Å². The Morgan fingerprint density at radius 3 is 1.96 bits per heavy atom. The van der Waals surface area contributed by atoms with Crippen molar-refractivity contribution in [3.05, 3.63) is 70.8 Å². The van der Waals surface area contributed by atoms with Gasteiger partial charge in [-0.25, -0.2) is 0 Å². The molecule has 0 aliphatic carbocycles. The predicted molar refractivity (Wildman–Crippen MR) is 102 cm³/mol. The van der Waals surface area contributed by atoms with Gasteiger partial charge in [0.05, 0.1) is 0 Å². The van der Waals surface area contributed by atoms with E-state index in [-0.39, 0.29) is 0 Å². The number of hydrogen-bond acceptors (Lipinski definition) is 1. The van der Waals surface area contributed by atoms with Crippen LogP contribution in [-0.4, -0.2) is 8.32 Å². The molecule has 0 unspecified atom stereocenters. The second-order valence-corrected chi connectivity index (χ2v) is 11.2. The van der Waals surface area contributed by atoms with Crippen molar-refractivity contribution in [1.29, 1.82) is 0 Å². The largest absolute Gasteiger partial charge is 0.404 e. The van der Waals surface area contributed by atoms with Crippen molar-refractivity contribution >= 4 is 8.32 Å². The molecule has 0 aromatic heterocycles. The van der Waals surface area contributed by atoms with Crippen LogP contribution in [0.4, 0.5) is 0 Å². The van der Waals surface area contributed by atoms with Gasteiger partial charge in [0.2, 0.25) is 0 Å². The molecule has 0 atom stereocenters. The lowest BCUT2D eigenvalue weighted by Gasteiger charge is -2.46. The number of rotatable bonds is 2. The van der Waals surface area contributed by atoms with Gasteiger partial charge in [0, 0.05) is 11.1 Å². The summed E-state index contributed by atoms with van der Waals surface area (Å²) in [6.45, 7) is 4.58. The van der Waals surface area contributed by atoms with Crippen LogP contribution in [0.5, 0.6) is 0 Å². The summed E-state index contributed by atoms with van der Waals surface area (Å²) in [6.07, 6.45) is 13.3. The van der Waals surface area contributed by atoms with Crippen LogP contribution in [0, 0.1) is 24.7 Å². The first kappa shape index (κ1) is 16.6.